The summed E-state index contributed by atoms with van der Waals surface area (Å²) in [5, 5.41) is 3.16. The first-order valence-corrected chi connectivity index (χ1v) is 10.3. The van der Waals surface area contributed by atoms with Crippen molar-refractivity contribution in [2.45, 2.75) is 96.5 Å². The molecule has 0 unspecified atom stereocenters. The van der Waals surface area contributed by atoms with Crippen molar-refractivity contribution in [2.75, 3.05) is 0 Å². The largest absolute Gasteiger partial charge is 0.494 e. The molecule has 1 aromatic rings. The average Bonchev–Trinajstić information content (AvgIpc) is 3.09. The van der Waals surface area contributed by atoms with Crippen LogP contribution in [0.3, 0.4) is 0 Å². The van der Waals surface area contributed by atoms with Crippen molar-refractivity contribution in [1.82, 2.24) is 5.32 Å². The first kappa shape index (κ1) is 21.2. The fourth-order valence-corrected chi connectivity index (χ4v) is 3.90. The second-order valence-electron chi connectivity index (χ2n) is 10.1. The van der Waals surface area contributed by atoms with Crippen LogP contribution in [0.2, 0.25) is 0 Å². The fraction of sp³-hybridized carbons (Fsp3) is 0.682. The highest BCUT2D eigenvalue weighted by molar-refractivity contribution is 6.62. The van der Waals surface area contributed by atoms with Crippen LogP contribution in [-0.2, 0) is 19.6 Å². The van der Waals surface area contributed by atoms with E-state index in [1.807, 2.05) is 32.9 Å². The van der Waals surface area contributed by atoms with E-state index in [1.165, 1.54) is 0 Å². The summed E-state index contributed by atoms with van der Waals surface area (Å²) < 4.78 is 17.8. The van der Waals surface area contributed by atoms with Crippen molar-refractivity contribution >= 4 is 18.7 Å². The second kappa shape index (κ2) is 7.07. The second-order valence-corrected chi connectivity index (χ2v) is 10.1. The van der Waals surface area contributed by atoms with Crippen LogP contribution in [0.4, 0.5) is 4.79 Å². The summed E-state index contributed by atoms with van der Waals surface area (Å²) in [5.74, 6) is 0. The van der Waals surface area contributed by atoms with E-state index in [2.05, 4.69) is 45.1 Å². The van der Waals surface area contributed by atoms with Gasteiger partial charge >= 0.3 is 13.2 Å². The molecule has 2 aliphatic rings. The van der Waals surface area contributed by atoms with Crippen molar-refractivity contribution in [3.05, 3.63) is 29.8 Å². The van der Waals surface area contributed by atoms with E-state index in [4.69, 9.17) is 14.0 Å². The minimum atomic E-state index is -0.509. The van der Waals surface area contributed by atoms with Gasteiger partial charge in [-0.3, -0.25) is 0 Å². The molecule has 0 aromatic heterocycles. The quantitative estimate of drug-likeness (QED) is 0.787. The van der Waals surface area contributed by atoms with Crippen LogP contribution in [0.1, 0.15) is 79.7 Å². The maximum absolute atomic E-state index is 12.4. The standard InChI is InChI=1S/C22H34BNO4/c1-19(2,3)26-18(25)24-22(14-8-9-15-22)16-10-12-17(13-11-16)23-27-20(4,5)21(6,7)28-23/h10-13H,8-9,14-15H2,1-7H3,(H,24,25). The van der Waals surface area contributed by atoms with Gasteiger partial charge < -0.3 is 19.4 Å². The van der Waals surface area contributed by atoms with Crippen molar-refractivity contribution < 1.29 is 18.8 Å². The van der Waals surface area contributed by atoms with Gasteiger partial charge in [0.25, 0.3) is 0 Å². The molecule has 1 aromatic carbocycles. The van der Waals surface area contributed by atoms with Gasteiger partial charge in [0.15, 0.2) is 0 Å². The van der Waals surface area contributed by atoms with Crippen LogP contribution in [0, 0.1) is 0 Å². The predicted molar refractivity (Wildman–Crippen MR) is 112 cm³/mol. The Morgan fingerprint density at radius 2 is 1.50 bits per heavy atom. The molecule has 0 radical (unpaired) electrons. The Kier molecular flexibility index (Phi) is 5.35. The lowest BCUT2D eigenvalue weighted by atomic mass is 9.77. The zero-order valence-electron chi connectivity index (χ0n) is 18.3. The molecule has 1 aliphatic carbocycles. The highest BCUT2D eigenvalue weighted by Gasteiger charge is 2.51. The molecule has 1 heterocycles. The molecule has 154 valence electrons. The Bertz CT molecular complexity index is 699. The Hall–Kier alpha value is -1.53. The van der Waals surface area contributed by atoms with E-state index in [0.29, 0.717) is 0 Å². The van der Waals surface area contributed by atoms with Gasteiger partial charge in [-0.1, -0.05) is 37.1 Å². The number of carbonyl (C=O) groups is 1. The molecule has 28 heavy (non-hydrogen) atoms. The van der Waals surface area contributed by atoms with Gasteiger partial charge in [0.05, 0.1) is 16.7 Å². The minimum Gasteiger partial charge on any atom is -0.444 e. The van der Waals surface area contributed by atoms with Crippen LogP contribution < -0.4 is 10.8 Å². The molecule has 2 fully saturated rings. The first-order valence-electron chi connectivity index (χ1n) is 10.3. The van der Waals surface area contributed by atoms with Gasteiger partial charge in [-0.05, 0) is 72.3 Å². The minimum absolute atomic E-state index is 0.357. The van der Waals surface area contributed by atoms with Crippen molar-refractivity contribution in [2.24, 2.45) is 0 Å². The Morgan fingerprint density at radius 3 is 1.96 bits per heavy atom. The van der Waals surface area contributed by atoms with Crippen LogP contribution in [0.5, 0.6) is 0 Å². The summed E-state index contributed by atoms with van der Waals surface area (Å²) >= 11 is 0. The number of hydrogen-bond acceptors (Lipinski definition) is 4. The zero-order chi connectivity index (χ0) is 20.8. The highest BCUT2D eigenvalue weighted by atomic mass is 16.7. The third-order valence-electron chi connectivity index (χ3n) is 6.19. The topological polar surface area (TPSA) is 56.8 Å². The first-order chi connectivity index (χ1) is 12.8. The molecule has 1 saturated carbocycles. The monoisotopic (exact) mass is 387 g/mol. The third-order valence-corrected chi connectivity index (χ3v) is 6.19. The maximum Gasteiger partial charge on any atom is 0.494 e. The summed E-state index contributed by atoms with van der Waals surface area (Å²) in [7, 11) is -0.377. The Labute approximate surface area is 169 Å². The molecular weight excluding hydrogens is 353 g/mol. The van der Waals surface area contributed by atoms with E-state index >= 15 is 0 Å². The molecule has 3 rings (SSSR count). The van der Waals surface area contributed by atoms with Gasteiger partial charge in [-0.15, -0.1) is 0 Å². The number of ether oxygens (including phenoxy) is 1. The SMILES string of the molecule is CC(C)(C)OC(=O)NC1(c2ccc(B3OC(C)(C)C(C)(C)O3)cc2)CCCC1. The molecule has 6 heteroatoms. The smallest absolute Gasteiger partial charge is 0.444 e. The summed E-state index contributed by atoms with van der Waals surface area (Å²) in [6.07, 6.45) is 3.66. The van der Waals surface area contributed by atoms with Gasteiger partial charge in [0.1, 0.15) is 5.60 Å². The third kappa shape index (κ3) is 4.23. The number of nitrogens with one attached hydrogen (secondary N) is 1. The highest BCUT2D eigenvalue weighted by Crippen LogP contribution is 2.39. The molecule has 0 spiro atoms. The van der Waals surface area contributed by atoms with Gasteiger partial charge in [0, 0.05) is 0 Å². The molecule has 0 atom stereocenters. The summed E-state index contributed by atoms with van der Waals surface area (Å²) in [6.45, 7) is 13.9. The number of amides is 1. The Balaban J connectivity index is 1.78. The summed E-state index contributed by atoms with van der Waals surface area (Å²) in [5.41, 5.74) is 0.507. The van der Waals surface area contributed by atoms with Crippen LogP contribution in [0.25, 0.3) is 0 Å². The lowest BCUT2D eigenvalue weighted by Crippen LogP contribution is -2.46. The number of hydrogen-bond donors (Lipinski definition) is 1. The number of carbonyl (C=O) groups excluding carboxylic acids is 1. The van der Waals surface area contributed by atoms with E-state index in [0.717, 1.165) is 36.7 Å². The molecule has 5 nitrogen and oxygen atoms in total. The average molecular weight is 387 g/mol. The van der Waals surface area contributed by atoms with E-state index < -0.39 is 5.60 Å². The van der Waals surface area contributed by atoms with Crippen LogP contribution >= 0.6 is 0 Å². The van der Waals surface area contributed by atoms with Gasteiger partial charge in [-0.2, -0.15) is 0 Å². The van der Waals surface area contributed by atoms with Crippen LogP contribution in [-0.4, -0.2) is 30.0 Å². The van der Waals surface area contributed by atoms with Crippen molar-refractivity contribution in [3.63, 3.8) is 0 Å². The normalized spacial score (nSPS) is 22.9. The summed E-state index contributed by atoms with van der Waals surface area (Å²) in [4.78, 5) is 12.4. The predicted octanol–water partition coefficient (Wildman–Crippen LogP) is 4.28. The number of benzene rings is 1. The lowest BCUT2D eigenvalue weighted by Gasteiger charge is -2.32. The van der Waals surface area contributed by atoms with Crippen LogP contribution in [0.15, 0.2) is 24.3 Å². The maximum atomic E-state index is 12.4. The molecule has 1 N–H and O–H groups in total. The number of rotatable bonds is 3. The lowest BCUT2D eigenvalue weighted by molar-refractivity contribution is 0.00578. The number of alkyl carbamates (subject to hydrolysis) is 1. The molecule has 0 bridgehead atoms. The summed E-state index contributed by atoms with van der Waals surface area (Å²) in [6, 6.07) is 8.27. The van der Waals surface area contributed by atoms with E-state index in [9.17, 15) is 4.79 Å². The fourth-order valence-electron chi connectivity index (χ4n) is 3.90. The van der Waals surface area contributed by atoms with Gasteiger partial charge in [-0.25, -0.2) is 4.79 Å². The Morgan fingerprint density at radius 1 is 1.00 bits per heavy atom. The molecule has 1 aliphatic heterocycles. The van der Waals surface area contributed by atoms with Crippen molar-refractivity contribution in [1.29, 1.82) is 0 Å². The van der Waals surface area contributed by atoms with E-state index in [-0.39, 0.29) is 30.0 Å². The van der Waals surface area contributed by atoms with Crippen molar-refractivity contribution in [3.8, 4) is 0 Å². The molecule has 1 amide bonds. The zero-order valence-corrected chi connectivity index (χ0v) is 18.3. The molecular formula is C22H34BNO4. The molecule has 1 saturated heterocycles. The van der Waals surface area contributed by atoms with E-state index in [1.54, 1.807) is 0 Å². The van der Waals surface area contributed by atoms with Gasteiger partial charge in [0.2, 0.25) is 0 Å².